The molecule has 0 aliphatic carbocycles. The fraction of sp³-hybridized carbons (Fsp3) is 0.222. The van der Waals surface area contributed by atoms with Crippen LogP contribution in [0.3, 0.4) is 0 Å². The van der Waals surface area contributed by atoms with Crippen molar-refractivity contribution in [2.45, 2.75) is 26.9 Å². The fourth-order valence-electron chi connectivity index (χ4n) is 2.45. The molecule has 136 valence electrons. The summed E-state index contributed by atoms with van der Waals surface area (Å²) in [5.41, 5.74) is 2.67. The summed E-state index contributed by atoms with van der Waals surface area (Å²) in [6, 6.07) is 7.07. The molecule has 0 saturated heterocycles. The summed E-state index contributed by atoms with van der Waals surface area (Å²) < 4.78 is 8.70. The minimum atomic E-state index is -0.122. The normalized spacial score (nSPS) is 11.0. The second-order valence-corrected chi connectivity index (χ2v) is 7.17. The van der Waals surface area contributed by atoms with Crippen molar-refractivity contribution in [1.82, 2.24) is 9.38 Å². The van der Waals surface area contributed by atoms with E-state index in [1.807, 2.05) is 29.7 Å². The lowest BCUT2D eigenvalue weighted by Gasteiger charge is -2.14. The Hall–Kier alpha value is -1.76. The summed E-state index contributed by atoms with van der Waals surface area (Å²) in [7, 11) is 0. The van der Waals surface area contributed by atoms with Crippen molar-refractivity contribution in [3.8, 4) is 5.75 Å². The molecule has 0 unspecified atom stereocenters. The number of amides is 1. The van der Waals surface area contributed by atoms with Crippen molar-refractivity contribution in [2.24, 2.45) is 0 Å². The van der Waals surface area contributed by atoms with E-state index in [9.17, 15) is 4.79 Å². The predicted octanol–water partition coefficient (Wildman–Crippen LogP) is 5.64. The Morgan fingerprint density at radius 2 is 2.12 bits per heavy atom. The first kappa shape index (κ1) is 19.0. The molecule has 3 rings (SSSR count). The third kappa shape index (κ3) is 3.68. The molecule has 8 heteroatoms. The van der Waals surface area contributed by atoms with Gasteiger partial charge < -0.3 is 10.1 Å². The van der Waals surface area contributed by atoms with Gasteiger partial charge in [-0.2, -0.15) is 0 Å². The molecule has 0 aliphatic rings. The number of aromatic nitrogens is 2. The maximum atomic E-state index is 11.6. The molecule has 0 atom stereocenters. The number of benzene rings is 1. The number of nitrogens with zero attached hydrogens (tertiary/aromatic N) is 2. The topological polar surface area (TPSA) is 55.6 Å². The van der Waals surface area contributed by atoms with Crippen LogP contribution in [0, 0.1) is 6.92 Å². The van der Waals surface area contributed by atoms with Gasteiger partial charge in [-0.1, -0.05) is 30.1 Å². The zero-order valence-electron chi connectivity index (χ0n) is 14.1. The van der Waals surface area contributed by atoms with Gasteiger partial charge in [0, 0.05) is 23.2 Å². The molecule has 0 aliphatic heterocycles. The van der Waals surface area contributed by atoms with E-state index >= 15 is 0 Å². The van der Waals surface area contributed by atoms with Crippen molar-refractivity contribution in [3.63, 3.8) is 0 Å². The lowest BCUT2D eigenvalue weighted by atomic mass is 10.2. The number of nitrogens with one attached hydrogen (secondary N) is 1. The molecule has 3 aromatic rings. The van der Waals surface area contributed by atoms with Crippen LogP contribution in [-0.2, 0) is 11.4 Å². The number of rotatable bonds is 5. The number of hydrogen-bond acceptors (Lipinski definition) is 3. The zero-order valence-corrected chi connectivity index (χ0v) is 17.2. The van der Waals surface area contributed by atoms with Gasteiger partial charge in [0.1, 0.15) is 11.2 Å². The first-order valence-corrected chi connectivity index (χ1v) is 9.50. The van der Waals surface area contributed by atoms with Crippen LogP contribution in [-0.4, -0.2) is 15.3 Å². The van der Waals surface area contributed by atoms with Crippen LogP contribution in [0.4, 0.5) is 5.69 Å². The molecular weight excluding hydrogens is 441 g/mol. The summed E-state index contributed by atoms with van der Waals surface area (Å²) >= 11 is 16.2. The summed E-state index contributed by atoms with van der Waals surface area (Å²) in [5, 5.41) is 3.60. The minimum Gasteiger partial charge on any atom is -0.485 e. The van der Waals surface area contributed by atoms with E-state index < -0.39 is 0 Å². The highest BCUT2D eigenvalue weighted by Crippen LogP contribution is 2.33. The average Bonchev–Trinajstić information content (AvgIpc) is 2.92. The van der Waals surface area contributed by atoms with Gasteiger partial charge >= 0.3 is 0 Å². The molecule has 0 spiro atoms. The Kier molecular flexibility index (Phi) is 5.75. The van der Waals surface area contributed by atoms with Gasteiger partial charge in [0.05, 0.1) is 16.4 Å². The largest absolute Gasteiger partial charge is 0.485 e. The lowest BCUT2D eigenvalue weighted by molar-refractivity contribution is -0.115. The molecule has 1 aromatic carbocycles. The van der Waals surface area contributed by atoms with E-state index in [1.54, 1.807) is 19.1 Å². The van der Waals surface area contributed by atoms with E-state index in [0.29, 0.717) is 39.1 Å². The highest BCUT2D eigenvalue weighted by atomic mass is 79.9. The van der Waals surface area contributed by atoms with Crippen molar-refractivity contribution >= 4 is 56.4 Å². The van der Waals surface area contributed by atoms with E-state index in [1.165, 1.54) is 0 Å². The Balaban J connectivity index is 1.89. The Bertz CT molecular complexity index is 988. The summed E-state index contributed by atoms with van der Waals surface area (Å²) in [4.78, 5) is 16.1. The summed E-state index contributed by atoms with van der Waals surface area (Å²) in [6.45, 7) is 3.83. The molecule has 26 heavy (non-hydrogen) atoms. The second kappa shape index (κ2) is 7.86. The average molecular weight is 457 g/mol. The Morgan fingerprint density at radius 3 is 2.85 bits per heavy atom. The predicted molar refractivity (Wildman–Crippen MR) is 107 cm³/mol. The maximum absolute atomic E-state index is 11.6. The van der Waals surface area contributed by atoms with Crippen molar-refractivity contribution in [3.05, 3.63) is 56.4 Å². The van der Waals surface area contributed by atoms with E-state index in [4.69, 9.17) is 27.9 Å². The number of halogens is 3. The molecule has 2 aromatic heterocycles. The SMILES string of the molecule is CCC(=O)Nc1ccc(Cl)c(COc2cccn3c(Br)c(C)nc23)c1Cl. The van der Waals surface area contributed by atoms with Crippen LogP contribution >= 0.6 is 39.1 Å². The minimum absolute atomic E-state index is 0.122. The van der Waals surface area contributed by atoms with Gasteiger partial charge in [0.25, 0.3) is 0 Å². The molecule has 0 bridgehead atoms. The van der Waals surface area contributed by atoms with Crippen LogP contribution in [0.15, 0.2) is 35.1 Å². The fourth-order valence-corrected chi connectivity index (χ4v) is 3.36. The monoisotopic (exact) mass is 455 g/mol. The number of imidazole rings is 1. The first-order valence-electron chi connectivity index (χ1n) is 7.95. The van der Waals surface area contributed by atoms with Crippen molar-refractivity contribution in [2.75, 3.05) is 5.32 Å². The molecule has 0 fully saturated rings. The van der Waals surface area contributed by atoms with Crippen LogP contribution in [0.2, 0.25) is 10.0 Å². The van der Waals surface area contributed by atoms with Crippen molar-refractivity contribution in [1.29, 1.82) is 0 Å². The molecular formula is C18H16BrCl2N3O2. The molecule has 2 heterocycles. The van der Waals surface area contributed by atoms with Gasteiger partial charge in [-0.25, -0.2) is 4.98 Å². The highest BCUT2D eigenvalue weighted by Gasteiger charge is 2.15. The number of ether oxygens (including phenoxy) is 1. The number of pyridine rings is 1. The number of hydrogen-bond donors (Lipinski definition) is 1. The van der Waals surface area contributed by atoms with Crippen molar-refractivity contribution < 1.29 is 9.53 Å². The smallest absolute Gasteiger partial charge is 0.224 e. The van der Waals surface area contributed by atoms with Gasteiger partial charge in [-0.05, 0) is 47.1 Å². The molecule has 0 saturated carbocycles. The number of aryl methyl sites for hydroxylation is 1. The van der Waals surface area contributed by atoms with E-state index in [0.717, 1.165) is 10.3 Å². The van der Waals surface area contributed by atoms with Gasteiger partial charge in [-0.3, -0.25) is 9.20 Å². The number of anilines is 1. The quantitative estimate of drug-likeness (QED) is 0.540. The van der Waals surface area contributed by atoms with Crippen LogP contribution in [0.1, 0.15) is 24.6 Å². The lowest BCUT2D eigenvalue weighted by Crippen LogP contribution is -2.11. The van der Waals surface area contributed by atoms with Gasteiger partial charge in [0.15, 0.2) is 11.4 Å². The number of fused-ring (bicyclic) bond motifs is 1. The third-order valence-corrected chi connectivity index (χ3v) is 5.61. The van der Waals surface area contributed by atoms with E-state index in [-0.39, 0.29) is 12.5 Å². The standard InChI is InChI=1S/C18H16BrCl2N3O2/c1-3-15(25)23-13-7-6-12(20)11(16(13)21)9-26-14-5-4-8-24-17(19)10(2)22-18(14)24/h4-8H,3,9H2,1-2H3,(H,23,25). The van der Waals surface area contributed by atoms with Crippen LogP contribution in [0.25, 0.3) is 5.65 Å². The van der Waals surface area contributed by atoms with Gasteiger partial charge in [-0.15, -0.1) is 0 Å². The third-order valence-electron chi connectivity index (χ3n) is 3.87. The summed E-state index contributed by atoms with van der Waals surface area (Å²) in [6.07, 6.45) is 2.26. The highest BCUT2D eigenvalue weighted by molar-refractivity contribution is 9.10. The zero-order chi connectivity index (χ0) is 18.8. The van der Waals surface area contributed by atoms with Crippen LogP contribution in [0.5, 0.6) is 5.75 Å². The maximum Gasteiger partial charge on any atom is 0.224 e. The second-order valence-electron chi connectivity index (χ2n) is 5.63. The first-order chi connectivity index (χ1) is 12.4. The number of carbonyl (C=O) groups is 1. The molecule has 0 radical (unpaired) electrons. The molecule has 1 amide bonds. The molecule has 1 N–H and O–H groups in total. The molecule has 5 nitrogen and oxygen atoms in total. The van der Waals surface area contributed by atoms with E-state index in [2.05, 4.69) is 26.2 Å². The van der Waals surface area contributed by atoms with Gasteiger partial charge in [0.2, 0.25) is 5.91 Å². The van der Waals surface area contributed by atoms with Crippen LogP contribution < -0.4 is 10.1 Å². The Labute approximate surface area is 169 Å². The summed E-state index contributed by atoms with van der Waals surface area (Å²) in [5.74, 6) is 0.486. The number of carbonyl (C=O) groups excluding carboxylic acids is 1. The Morgan fingerprint density at radius 1 is 1.35 bits per heavy atom.